The fraction of sp³-hybridized carbons (Fsp3) is 0.200. The van der Waals surface area contributed by atoms with E-state index in [0.29, 0.717) is 21.9 Å². The average molecular weight is 251 g/mol. The number of aromatic amines is 1. The van der Waals surface area contributed by atoms with Gasteiger partial charge in [0, 0.05) is 6.07 Å². The number of nitro groups is 1. The molecule has 88 valence electrons. The molecule has 7 heteroatoms. The Labute approximate surface area is 101 Å². The van der Waals surface area contributed by atoms with Crippen LogP contribution in [0.1, 0.15) is 6.92 Å². The smallest absolute Gasteiger partial charge is 0.297 e. The number of hydrogen-bond acceptors (Lipinski definition) is 5. The van der Waals surface area contributed by atoms with E-state index in [1.165, 1.54) is 24.8 Å². The van der Waals surface area contributed by atoms with Crippen molar-refractivity contribution in [1.29, 1.82) is 0 Å². The molecule has 1 N–H and O–H groups in total. The van der Waals surface area contributed by atoms with Gasteiger partial charge in [-0.25, -0.2) is 4.98 Å². The molecule has 1 aromatic heterocycles. The highest BCUT2D eigenvalue weighted by Gasteiger charge is 2.15. The Bertz CT molecular complexity index is 593. The maximum absolute atomic E-state index is 10.8. The number of nitrogens with one attached hydrogen (secondary N) is 1. The van der Waals surface area contributed by atoms with Crippen LogP contribution in [0.3, 0.4) is 0 Å². The van der Waals surface area contributed by atoms with Gasteiger partial charge in [0.05, 0.1) is 16.2 Å². The molecule has 6 nitrogen and oxygen atoms in total. The van der Waals surface area contributed by atoms with E-state index in [1.807, 2.05) is 0 Å². The summed E-state index contributed by atoms with van der Waals surface area (Å²) in [5.74, 6) is 0.332. The van der Waals surface area contributed by atoms with Crippen molar-refractivity contribution in [2.75, 3.05) is 5.75 Å². The van der Waals surface area contributed by atoms with Crippen LogP contribution in [0.4, 0.5) is 5.69 Å². The lowest BCUT2D eigenvalue weighted by molar-refractivity contribution is -0.383. The minimum absolute atomic E-state index is 0.0324. The topological polar surface area (TPSA) is 88.9 Å². The van der Waals surface area contributed by atoms with Crippen LogP contribution in [0.5, 0.6) is 0 Å². The maximum Gasteiger partial charge on any atom is 0.297 e. The van der Waals surface area contributed by atoms with E-state index < -0.39 is 4.92 Å². The van der Waals surface area contributed by atoms with Gasteiger partial charge in [0.25, 0.3) is 5.69 Å². The molecular formula is C10H9N3O3S. The van der Waals surface area contributed by atoms with Crippen molar-refractivity contribution in [3.05, 3.63) is 28.3 Å². The first-order valence-electron chi connectivity index (χ1n) is 4.83. The molecule has 0 aliphatic heterocycles. The second-order valence-corrected chi connectivity index (χ2v) is 4.43. The predicted molar refractivity (Wildman–Crippen MR) is 64.2 cm³/mol. The second-order valence-electron chi connectivity index (χ2n) is 3.46. The zero-order valence-electron chi connectivity index (χ0n) is 8.97. The third-order valence-electron chi connectivity index (χ3n) is 2.08. The fourth-order valence-electron chi connectivity index (χ4n) is 1.38. The lowest BCUT2D eigenvalue weighted by atomic mass is 10.3. The summed E-state index contributed by atoms with van der Waals surface area (Å²) in [6.45, 7) is 1.48. The number of nitro benzene ring substituents is 1. The van der Waals surface area contributed by atoms with E-state index in [9.17, 15) is 14.9 Å². The standard InChI is InChI=1S/C10H9N3O3S/c1-6(14)5-17-10-11-7-3-2-4-8(13(15)16)9(7)12-10/h2-4H,5H2,1H3,(H,11,12). The van der Waals surface area contributed by atoms with E-state index >= 15 is 0 Å². The minimum atomic E-state index is -0.470. The van der Waals surface area contributed by atoms with Crippen molar-refractivity contribution in [2.45, 2.75) is 12.1 Å². The molecule has 0 amide bonds. The number of benzene rings is 1. The predicted octanol–water partition coefficient (Wildman–Crippen LogP) is 2.15. The van der Waals surface area contributed by atoms with Gasteiger partial charge < -0.3 is 4.98 Å². The van der Waals surface area contributed by atoms with Crippen molar-refractivity contribution in [3.63, 3.8) is 0 Å². The molecule has 0 spiro atoms. The first-order chi connectivity index (χ1) is 8.08. The number of imidazole rings is 1. The van der Waals surface area contributed by atoms with Gasteiger partial charge in [0.1, 0.15) is 5.78 Å². The molecule has 2 aromatic rings. The van der Waals surface area contributed by atoms with Gasteiger partial charge in [0.15, 0.2) is 10.7 Å². The molecule has 0 fully saturated rings. The van der Waals surface area contributed by atoms with Gasteiger partial charge in [-0.3, -0.25) is 14.9 Å². The van der Waals surface area contributed by atoms with Crippen LogP contribution in [0.2, 0.25) is 0 Å². The van der Waals surface area contributed by atoms with Crippen LogP contribution in [-0.4, -0.2) is 26.4 Å². The lowest BCUT2D eigenvalue weighted by Gasteiger charge is -1.90. The normalized spacial score (nSPS) is 10.6. The summed E-state index contributed by atoms with van der Waals surface area (Å²) in [5, 5.41) is 11.3. The van der Waals surface area contributed by atoms with Gasteiger partial charge in [0.2, 0.25) is 0 Å². The first kappa shape index (κ1) is 11.6. The van der Waals surface area contributed by atoms with Gasteiger partial charge in [-0.15, -0.1) is 0 Å². The molecule has 17 heavy (non-hydrogen) atoms. The van der Waals surface area contributed by atoms with Gasteiger partial charge >= 0.3 is 0 Å². The summed E-state index contributed by atoms with van der Waals surface area (Å²) in [6.07, 6.45) is 0. The van der Waals surface area contributed by atoms with Crippen LogP contribution in [0.25, 0.3) is 11.0 Å². The fourth-order valence-corrected chi connectivity index (χ4v) is 2.06. The number of fused-ring (bicyclic) bond motifs is 1. The molecular weight excluding hydrogens is 242 g/mol. The Morgan fingerprint density at radius 1 is 1.59 bits per heavy atom. The van der Waals surface area contributed by atoms with Crippen LogP contribution in [-0.2, 0) is 4.79 Å². The Morgan fingerprint density at radius 2 is 2.35 bits per heavy atom. The molecule has 0 radical (unpaired) electrons. The number of nitrogens with zero attached hydrogens (tertiary/aromatic N) is 2. The molecule has 0 aliphatic rings. The monoisotopic (exact) mass is 251 g/mol. The van der Waals surface area contributed by atoms with Gasteiger partial charge in [-0.2, -0.15) is 0 Å². The van der Waals surface area contributed by atoms with E-state index in [2.05, 4.69) is 9.97 Å². The number of thioether (sulfide) groups is 1. The van der Waals surface area contributed by atoms with Crippen LogP contribution in [0, 0.1) is 10.1 Å². The Balaban J connectivity index is 2.39. The lowest BCUT2D eigenvalue weighted by Crippen LogP contribution is -1.93. The third kappa shape index (κ3) is 2.44. The summed E-state index contributed by atoms with van der Waals surface area (Å²) in [7, 11) is 0. The number of rotatable bonds is 4. The third-order valence-corrected chi connectivity index (χ3v) is 3.10. The Morgan fingerprint density at radius 3 is 3.00 bits per heavy atom. The van der Waals surface area contributed by atoms with Crippen LogP contribution < -0.4 is 0 Å². The summed E-state index contributed by atoms with van der Waals surface area (Å²) in [6, 6.07) is 4.72. The number of carbonyl (C=O) groups excluding carboxylic acids is 1. The number of H-pyrrole nitrogens is 1. The second kappa shape index (κ2) is 4.54. The summed E-state index contributed by atoms with van der Waals surface area (Å²) >= 11 is 1.24. The van der Waals surface area contributed by atoms with E-state index in [4.69, 9.17) is 0 Å². The average Bonchev–Trinajstić information content (AvgIpc) is 2.68. The number of carbonyl (C=O) groups is 1. The molecule has 0 aliphatic carbocycles. The number of aromatic nitrogens is 2. The SMILES string of the molecule is CC(=O)CSc1nc2c([N+](=O)[O-])cccc2[nH]1. The molecule has 0 atom stereocenters. The van der Waals surface area contributed by atoms with Crippen LogP contribution >= 0.6 is 11.8 Å². The van der Waals surface area contributed by atoms with Crippen molar-refractivity contribution >= 4 is 34.3 Å². The largest absolute Gasteiger partial charge is 0.333 e. The molecule has 0 saturated carbocycles. The molecule has 1 heterocycles. The highest BCUT2D eigenvalue weighted by Crippen LogP contribution is 2.26. The van der Waals surface area contributed by atoms with E-state index in [1.54, 1.807) is 12.1 Å². The first-order valence-corrected chi connectivity index (χ1v) is 5.82. The van der Waals surface area contributed by atoms with E-state index in [-0.39, 0.29) is 11.5 Å². The van der Waals surface area contributed by atoms with E-state index in [0.717, 1.165) is 0 Å². The highest BCUT2D eigenvalue weighted by molar-refractivity contribution is 7.99. The summed E-state index contributed by atoms with van der Waals surface area (Å²) in [4.78, 5) is 28.2. The highest BCUT2D eigenvalue weighted by atomic mass is 32.2. The van der Waals surface area contributed by atoms with Crippen LogP contribution in [0.15, 0.2) is 23.4 Å². The number of hydrogen-bond donors (Lipinski definition) is 1. The molecule has 0 bridgehead atoms. The summed E-state index contributed by atoms with van der Waals surface area (Å²) in [5.41, 5.74) is 0.891. The van der Waals surface area contributed by atoms with Gasteiger partial charge in [-0.05, 0) is 13.0 Å². The molecule has 2 rings (SSSR count). The maximum atomic E-state index is 10.8. The van der Waals surface area contributed by atoms with Crippen molar-refractivity contribution in [2.24, 2.45) is 0 Å². The quantitative estimate of drug-likeness (QED) is 0.511. The van der Waals surface area contributed by atoms with Crippen molar-refractivity contribution < 1.29 is 9.72 Å². The number of ketones is 1. The van der Waals surface area contributed by atoms with Crippen molar-refractivity contribution in [3.8, 4) is 0 Å². The number of Topliss-reactive ketones (excluding diaryl/α,β-unsaturated/α-hetero) is 1. The minimum Gasteiger partial charge on any atom is -0.333 e. The van der Waals surface area contributed by atoms with Gasteiger partial charge in [-0.1, -0.05) is 17.8 Å². The molecule has 0 saturated heterocycles. The zero-order valence-corrected chi connectivity index (χ0v) is 9.78. The molecule has 1 aromatic carbocycles. The Kier molecular flexibility index (Phi) is 3.10. The van der Waals surface area contributed by atoms with Crippen molar-refractivity contribution in [1.82, 2.24) is 9.97 Å². The Hall–Kier alpha value is -1.89. The summed E-state index contributed by atoms with van der Waals surface area (Å²) < 4.78 is 0. The number of para-hydroxylation sites is 1. The molecule has 0 unspecified atom stereocenters. The number of non-ortho nitro benzene ring substituents is 1. The zero-order chi connectivity index (χ0) is 12.4.